The molecule has 5 nitrogen and oxygen atoms in total. The van der Waals surface area contributed by atoms with Gasteiger partial charge in [0, 0.05) is 31.1 Å². The second-order valence-electron chi connectivity index (χ2n) is 5.64. The van der Waals surface area contributed by atoms with Gasteiger partial charge in [-0.15, -0.1) is 0 Å². The van der Waals surface area contributed by atoms with Crippen LogP contribution in [-0.4, -0.2) is 41.7 Å². The van der Waals surface area contributed by atoms with E-state index in [0.29, 0.717) is 44.2 Å². The van der Waals surface area contributed by atoms with Crippen molar-refractivity contribution in [2.45, 2.75) is 13.5 Å². The van der Waals surface area contributed by atoms with Gasteiger partial charge in [0.2, 0.25) is 0 Å². The highest BCUT2D eigenvalue weighted by molar-refractivity contribution is 6.07. The fourth-order valence-electron chi connectivity index (χ4n) is 3.19. The van der Waals surface area contributed by atoms with Crippen LogP contribution in [0.5, 0.6) is 0 Å². The first-order valence-electron chi connectivity index (χ1n) is 7.77. The lowest BCUT2D eigenvalue weighted by Gasteiger charge is -2.25. The molecular formula is C17H17FN2O3. The van der Waals surface area contributed by atoms with Crippen molar-refractivity contribution in [2.75, 3.05) is 26.3 Å². The third-order valence-electron chi connectivity index (χ3n) is 4.32. The van der Waals surface area contributed by atoms with Gasteiger partial charge in [0.1, 0.15) is 5.82 Å². The normalized spacial score (nSPS) is 15.7. The van der Waals surface area contributed by atoms with Crippen LogP contribution in [0, 0.1) is 5.82 Å². The SMILES string of the molecule is CCn1c2cc(F)ccc2c2oc(C(=O)N3CCOCC3)cc21. The number of morpholine rings is 1. The third-order valence-corrected chi connectivity index (χ3v) is 4.32. The van der Waals surface area contributed by atoms with Crippen molar-refractivity contribution in [1.29, 1.82) is 0 Å². The molecule has 6 heteroatoms. The van der Waals surface area contributed by atoms with Gasteiger partial charge in [-0.2, -0.15) is 0 Å². The van der Waals surface area contributed by atoms with Gasteiger partial charge in [-0.05, 0) is 25.1 Å². The standard InChI is InChI=1S/C17H17FN2O3/c1-2-20-13-9-11(18)3-4-12(13)16-14(20)10-15(23-16)17(21)19-5-7-22-8-6-19/h3-4,9-10H,2,5-8H2,1H3. The molecule has 0 aliphatic carbocycles. The van der Waals surface area contributed by atoms with E-state index in [2.05, 4.69) is 0 Å². The summed E-state index contributed by atoms with van der Waals surface area (Å²) in [6.07, 6.45) is 0. The predicted molar refractivity (Wildman–Crippen MR) is 84.1 cm³/mol. The first-order valence-corrected chi connectivity index (χ1v) is 7.77. The number of hydrogen-bond donors (Lipinski definition) is 0. The maximum atomic E-state index is 13.5. The number of ether oxygens (including phenoxy) is 1. The van der Waals surface area contributed by atoms with E-state index in [1.807, 2.05) is 11.5 Å². The molecule has 1 aromatic carbocycles. The van der Waals surface area contributed by atoms with Gasteiger partial charge in [-0.25, -0.2) is 4.39 Å². The number of amides is 1. The number of furan rings is 1. The number of rotatable bonds is 2. The summed E-state index contributed by atoms with van der Waals surface area (Å²) in [5, 5.41) is 0.823. The van der Waals surface area contributed by atoms with Crippen LogP contribution in [0.4, 0.5) is 4.39 Å². The molecule has 0 bridgehead atoms. The number of hydrogen-bond acceptors (Lipinski definition) is 3. The summed E-state index contributed by atoms with van der Waals surface area (Å²) in [6.45, 7) is 4.91. The van der Waals surface area contributed by atoms with E-state index in [9.17, 15) is 9.18 Å². The number of aryl methyl sites for hydroxylation is 1. The zero-order valence-electron chi connectivity index (χ0n) is 12.8. The summed E-state index contributed by atoms with van der Waals surface area (Å²) in [6, 6.07) is 6.37. The molecule has 0 radical (unpaired) electrons. The van der Waals surface area contributed by atoms with Crippen LogP contribution in [0.3, 0.4) is 0 Å². The van der Waals surface area contributed by atoms with E-state index >= 15 is 0 Å². The van der Waals surface area contributed by atoms with Crippen LogP contribution in [-0.2, 0) is 11.3 Å². The van der Waals surface area contributed by atoms with E-state index in [-0.39, 0.29) is 11.7 Å². The monoisotopic (exact) mass is 316 g/mol. The quantitative estimate of drug-likeness (QED) is 0.730. The van der Waals surface area contributed by atoms with Crippen LogP contribution < -0.4 is 0 Å². The van der Waals surface area contributed by atoms with Crippen molar-refractivity contribution in [1.82, 2.24) is 9.47 Å². The minimum absolute atomic E-state index is 0.123. The van der Waals surface area contributed by atoms with Crippen LogP contribution in [0.25, 0.3) is 22.0 Å². The van der Waals surface area contributed by atoms with Crippen molar-refractivity contribution >= 4 is 27.9 Å². The van der Waals surface area contributed by atoms with Crippen molar-refractivity contribution in [2.24, 2.45) is 0 Å². The molecule has 1 fully saturated rings. The molecule has 2 aromatic heterocycles. The summed E-state index contributed by atoms with van der Waals surface area (Å²) in [5.74, 6) is -0.0790. The fourth-order valence-corrected chi connectivity index (χ4v) is 3.19. The Kier molecular flexibility index (Phi) is 3.34. The molecule has 4 rings (SSSR count). The Morgan fingerprint density at radius 3 is 2.74 bits per heavy atom. The van der Waals surface area contributed by atoms with E-state index in [4.69, 9.17) is 9.15 Å². The summed E-state index contributed by atoms with van der Waals surface area (Å²) < 4.78 is 26.6. The summed E-state index contributed by atoms with van der Waals surface area (Å²) >= 11 is 0. The van der Waals surface area contributed by atoms with Crippen LogP contribution in [0.1, 0.15) is 17.5 Å². The number of nitrogens with zero attached hydrogens (tertiary/aromatic N) is 2. The highest BCUT2D eigenvalue weighted by atomic mass is 19.1. The zero-order chi connectivity index (χ0) is 16.0. The second kappa shape index (κ2) is 5.38. The molecular weight excluding hydrogens is 299 g/mol. The minimum Gasteiger partial charge on any atom is -0.449 e. The number of fused-ring (bicyclic) bond motifs is 3. The van der Waals surface area contributed by atoms with Crippen LogP contribution in [0.15, 0.2) is 28.7 Å². The molecule has 3 aromatic rings. The highest BCUT2D eigenvalue weighted by Crippen LogP contribution is 2.32. The molecule has 0 unspecified atom stereocenters. The first-order chi connectivity index (χ1) is 11.2. The van der Waals surface area contributed by atoms with Gasteiger partial charge in [0.25, 0.3) is 5.91 Å². The number of carbonyl (C=O) groups excluding carboxylic acids is 1. The summed E-state index contributed by atoms with van der Waals surface area (Å²) in [5.41, 5.74) is 2.25. The predicted octanol–water partition coefficient (Wildman–Crippen LogP) is 3.02. The lowest BCUT2D eigenvalue weighted by molar-refractivity contribution is 0.0284. The maximum absolute atomic E-state index is 13.5. The van der Waals surface area contributed by atoms with E-state index in [1.165, 1.54) is 12.1 Å². The fraction of sp³-hybridized carbons (Fsp3) is 0.353. The van der Waals surface area contributed by atoms with Gasteiger partial charge < -0.3 is 18.6 Å². The summed E-state index contributed by atoms with van der Waals surface area (Å²) in [4.78, 5) is 14.3. The zero-order valence-corrected chi connectivity index (χ0v) is 12.8. The Labute approximate surface area is 132 Å². The molecule has 0 saturated carbocycles. The molecule has 1 aliphatic heterocycles. The Balaban J connectivity index is 1.83. The summed E-state index contributed by atoms with van der Waals surface area (Å²) in [7, 11) is 0. The van der Waals surface area contributed by atoms with Gasteiger partial charge in [-0.3, -0.25) is 4.79 Å². The van der Waals surface area contributed by atoms with Crippen molar-refractivity contribution < 1.29 is 18.3 Å². The lowest BCUT2D eigenvalue weighted by atomic mass is 10.2. The van der Waals surface area contributed by atoms with Crippen molar-refractivity contribution in [3.63, 3.8) is 0 Å². The molecule has 120 valence electrons. The van der Waals surface area contributed by atoms with Crippen LogP contribution >= 0.6 is 0 Å². The van der Waals surface area contributed by atoms with Crippen molar-refractivity contribution in [3.8, 4) is 0 Å². The Bertz CT molecular complexity index is 890. The minimum atomic E-state index is -0.281. The number of halogens is 1. The second-order valence-corrected chi connectivity index (χ2v) is 5.64. The van der Waals surface area contributed by atoms with E-state index < -0.39 is 0 Å². The third kappa shape index (κ3) is 2.21. The largest absolute Gasteiger partial charge is 0.449 e. The molecule has 0 atom stereocenters. The Morgan fingerprint density at radius 1 is 1.22 bits per heavy atom. The Hall–Kier alpha value is -2.34. The molecule has 0 N–H and O–H groups in total. The maximum Gasteiger partial charge on any atom is 0.289 e. The Morgan fingerprint density at radius 2 is 2.00 bits per heavy atom. The van der Waals surface area contributed by atoms with Gasteiger partial charge >= 0.3 is 0 Å². The molecule has 0 spiro atoms. The average Bonchev–Trinajstić information content (AvgIpc) is 3.11. The van der Waals surface area contributed by atoms with Crippen molar-refractivity contribution in [3.05, 3.63) is 35.8 Å². The number of benzene rings is 1. The molecule has 1 saturated heterocycles. The number of aromatic nitrogens is 1. The van der Waals surface area contributed by atoms with E-state index in [1.54, 1.807) is 17.0 Å². The smallest absolute Gasteiger partial charge is 0.289 e. The molecule has 3 heterocycles. The first kappa shape index (κ1) is 14.3. The van der Waals surface area contributed by atoms with Gasteiger partial charge in [0.05, 0.1) is 24.2 Å². The van der Waals surface area contributed by atoms with Crippen LogP contribution in [0.2, 0.25) is 0 Å². The number of carbonyl (C=O) groups is 1. The van der Waals surface area contributed by atoms with Gasteiger partial charge in [0.15, 0.2) is 11.3 Å². The van der Waals surface area contributed by atoms with E-state index in [0.717, 1.165) is 16.4 Å². The highest BCUT2D eigenvalue weighted by Gasteiger charge is 2.24. The van der Waals surface area contributed by atoms with Gasteiger partial charge in [-0.1, -0.05) is 0 Å². The average molecular weight is 316 g/mol. The topological polar surface area (TPSA) is 47.6 Å². The molecule has 1 aliphatic rings. The lowest BCUT2D eigenvalue weighted by Crippen LogP contribution is -2.40. The molecule has 23 heavy (non-hydrogen) atoms. The molecule has 1 amide bonds.